The van der Waals surface area contributed by atoms with Crippen molar-refractivity contribution in [2.24, 2.45) is 16.8 Å². The number of hydrogen-bond acceptors (Lipinski definition) is 5. The van der Waals surface area contributed by atoms with Crippen molar-refractivity contribution in [2.45, 2.75) is 58.1 Å². The predicted molar refractivity (Wildman–Crippen MR) is 129 cm³/mol. The first-order chi connectivity index (χ1) is 16.5. The first-order valence-electron chi connectivity index (χ1n) is 12.1. The highest BCUT2D eigenvalue weighted by Crippen LogP contribution is 2.35. The number of phenolic OH excluding ortho intramolecular Hbond substituents is 1. The van der Waals surface area contributed by atoms with Crippen LogP contribution in [-0.2, 0) is 16.1 Å². The molecule has 0 aromatic heterocycles. The highest BCUT2D eigenvalue weighted by atomic mass is 16.5. The van der Waals surface area contributed by atoms with Crippen molar-refractivity contribution < 1.29 is 24.2 Å². The van der Waals surface area contributed by atoms with Gasteiger partial charge in [-0.2, -0.15) is 0 Å². The van der Waals surface area contributed by atoms with Crippen LogP contribution in [0.1, 0.15) is 62.6 Å². The van der Waals surface area contributed by atoms with Crippen molar-refractivity contribution >= 4 is 17.7 Å². The Bertz CT molecular complexity index is 1030. The number of esters is 1. The van der Waals surface area contributed by atoms with Crippen molar-refractivity contribution in [3.63, 3.8) is 0 Å². The van der Waals surface area contributed by atoms with E-state index in [0.29, 0.717) is 42.6 Å². The number of urea groups is 1. The van der Waals surface area contributed by atoms with Gasteiger partial charge in [0, 0.05) is 5.71 Å². The molecule has 1 saturated carbocycles. The van der Waals surface area contributed by atoms with Crippen molar-refractivity contribution in [2.75, 3.05) is 6.61 Å². The van der Waals surface area contributed by atoms with Crippen LogP contribution in [0, 0.1) is 11.8 Å². The zero-order chi connectivity index (χ0) is 23.9. The molecule has 4 rings (SSSR count). The summed E-state index contributed by atoms with van der Waals surface area (Å²) in [5.41, 5.74) is 2.07. The molecule has 2 aromatic rings. The molecule has 0 bridgehead atoms. The number of amides is 2. The van der Waals surface area contributed by atoms with E-state index in [2.05, 4.69) is 10.3 Å². The number of benzene rings is 2. The predicted octanol–water partition coefficient (Wildman–Crippen LogP) is 5.33. The summed E-state index contributed by atoms with van der Waals surface area (Å²) >= 11 is 0. The smallest absolute Gasteiger partial charge is 0.341 e. The molecular formula is C27H32N2O5. The molecule has 1 fully saturated rings. The van der Waals surface area contributed by atoms with E-state index in [1.165, 1.54) is 25.3 Å². The van der Waals surface area contributed by atoms with Gasteiger partial charge in [-0.1, -0.05) is 62.6 Å². The number of hydrogen-bond donors (Lipinski definition) is 2. The van der Waals surface area contributed by atoms with Crippen molar-refractivity contribution in [3.8, 4) is 11.5 Å². The van der Waals surface area contributed by atoms with Crippen LogP contribution in [-0.4, -0.2) is 29.4 Å². The molecule has 2 unspecified atom stereocenters. The molecule has 7 nitrogen and oxygen atoms in total. The molecule has 2 amide bonds. The molecule has 1 aliphatic carbocycles. The highest BCUT2D eigenvalue weighted by Gasteiger charge is 2.39. The van der Waals surface area contributed by atoms with Gasteiger partial charge < -0.3 is 19.9 Å². The molecule has 2 atom stereocenters. The van der Waals surface area contributed by atoms with Crippen LogP contribution in [0.3, 0.4) is 0 Å². The lowest BCUT2D eigenvalue weighted by Gasteiger charge is -2.31. The Morgan fingerprint density at radius 2 is 1.88 bits per heavy atom. The van der Waals surface area contributed by atoms with Gasteiger partial charge in [-0.15, -0.1) is 0 Å². The topological polar surface area (TPSA) is 97.2 Å². The van der Waals surface area contributed by atoms with E-state index >= 15 is 0 Å². The highest BCUT2D eigenvalue weighted by molar-refractivity contribution is 6.09. The fourth-order valence-electron chi connectivity index (χ4n) is 4.72. The molecule has 1 aliphatic heterocycles. The fraction of sp³-hybridized carbons (Fsp3) is 0.444. The molecule has 2 aromatic carbocycles. The Labute approximate surface area is 200 Å². The molecule has 7 heteroatoms. The van der Waals surface area contributed by atoms with Gasteiger partial charge in [0.25, 0.3) is 0 Å². The average Bonchev–Trinajstić information content (AvgIpc) is 2.87. The summed E-state index contributed by atoms with van der Waals surface area (Å²) in [4.78, 5) is 29.5. The number of nitrogens with zero attached hydrogens (tertiary/aromatic N) is 1. The maximum atomic E-state index is 13.2. The Morgan fingerprint density at radius 1 is 1.12 bits per heavy atom. The number of carbonyl (C=O) groups is 2. The van der Waals surface area contributed by atoms with Crippen LogP contribution in [0.2, 0.25) is 0 Å². The van der Waals surface area contributed by atoms with Gasteiger partial charge in [-0.25, -0.2) is 9.79 Å². The van der Waals surface area contributed by atoms with Crippen LogP contribution < -0.4 is 10.1 Å². The molecule has 34 heavy (non-hydrogen) atoms. The van der Waals surface area contributed by atoms with Gasteiger partial charge in [0.1, 0.15) is 12.5 Å². The third kappa shape index (κ3) is 5.76. The largest absolute Gasteiger partial charge is 0.504 e. The first-order valence-corrected chi connectivity index (χ1v) is 12.1. The molecule has 2 N–H and O–H groups in total. The summed E-state index contributed by atoms with van der Waals surface area (Å²) in [6.07, 6.45) is 6.18. The molecular weight excluding hydrogens is 432 g/mol. The molecule has 0 spiro atoms. The second-order valence-corrected chi connectivity index (χ2v) is 9.00. The summed E-state index contributed by atoms with van der Waals surface area (Å²) in [5.74, 6) is -0.462. The second kappa shape index (κ2) is 11.2. The average molecular weight is 465 g/mol. The van der Waals surface area contributed by atoms with Crippen molar-refractivity contribution in [1.82, 2.24) is 5.32 Å². The summed E-state index contributed by atoms with van der Waals surface area (Å²) in [7, 11) is 0. The van der Waals surface area contributed by atoms with E-state index in [4.69, 9.17) is 9.47 Å². The number of rotatable bonds is 8. The molecule has 180 valence electrons. The fourth-order valence-corrected chi connectivity index (χ4v) is 4.72. The standard InChI is InChI=1S/C27H32N2O5/c1-2-21-24(26(31)34-17-19-11-7-4-8-12-19)25(29-27(32)28-21)20-13-14-23(22(30)15-20)33-16-18-9-5-3-6-10-18/h3,5-6,9-10,13-15,19,24-25,30H,2,4,7-8,11-12,16-17H2,1H3,(H,29,32). The van der Waals surface area contributed by atoms with E-state index in [9.17, 15) is 14.7 Å². The lowest BCUT2D eigenvalue weighted by atomic mass is 9.86. The maximum absolute atomic E-state index is 13.2. The Kier molecular flexibility index (Phi) is 7.83. The first kappa shape index (κ1) is 23.8. The monoisotopic (exact) mass is 464 g/mol. The van der Waals surface area contributed by atoms with Gasteiger partial charge in [0.15, 0.2) is 11.5 Å². The number of nitrogens with one attached hydrogen (secondary N) is 1. The normalized spacial score (nSPS) is 20.9. The maximum Gasteiger partial charge on any atom is 0.341 e. The van der Waals surface area contributed by atoms with E-state index in [0.717, 1.165) is 18.4 Å². The van der Waals surface area contributed by atoms with E-state index < -0.39 is 18.0 Å². The zero-order valence-electron chi connectivity index (χ0n) is 19.5. The third-order valence-corrected chi connectivity index (χ3v) is 6.60. The van der Waals surface area contributed by atoms with Gasteiger partial charge in [0.05, 0.1) is 12.6 Å². The van der Waals surface area contributed by atoms with Crippen LogP contribution in [0.4, 0.5) is 4.79 Å². The van der Waals surface area contributed by atoms with Crippen LogP contribution in [0.15, 0.2) is 53.5 Å². The van der Waals surface area contributed by atoms with E-state index in [1.807, 2.05) is 37.3 Å². The lowest BCUT2D eigenvalue weighted by molar-refractivity contribution is -0.148. The van der Waals surface area contributed by atoms with Crippen molar-refractivity contribution in [3.05, 3.63) is 59.7 Å². The summed E-state index contributed by atoms with van der Waals surface area (Å²) < 4.78 is 11.5. The zero-order valence-corrected chi connectivity index (χ0v) is 19.5. The molecule has 2 aliphatic rings. The van der Waals surface area contributed by atoms with Gasteiger partial charge >= 0.3 is 12.0 Å². The van der Waals surface area contributed by atoms with Gasteiger partial charge in [-0.3, -0.25) is 4.79 Å². The van der Waals surface area contributed by atoms with Gasteiger partial charge in [-0.05, 0) is 48.4 Å². The molecule has 0 radical (unpaired) electrons. The number of aromatic hydroxyl groups is 1. The Balaban J connectivity index is 1.50. The van der Waals surface area contributed by atoms with E-state index in [-0.39, 0.29) is 11.7 Å². The summed E-state index contributed by atoms with van der Waals surface area (Å²) in [6, 6.07) is 13.4. The number of aliphatic imine (C=N–C) groups is 1. The van der Waals surface area contributed by atoms with Crippen LogP contribution in [0.25, 0.3) is 0 Å². The Hall–Kier alpha value is -3.35. The minimum absolute atomic E-state index is 0.0578. The third-order valence-electron chi connectivity index (χ3n) is 6.60. The molecule has 1 heterocycles. The Morgan fingerprint density at radius 3 is 2.59 bits per heavy atom. The number of phenols is 1. The summed E-state index contributed by atoms with van der Waals surface area (Å²) in [6.45, 7) is 2.58. The summed E-state index contributed by atoms with van der Waals surface area (Å²) in [5, 5.41) is 13.4. The second-order valence-electron chi connectivity index (χ2n) is 9.00. The SMILES string of the molecule is CCC1=NC(=O)NC(c2ccc(OCc3ccccc3)c(O)c2)C1C(=O)OCC1CCCCC1. The van der Waals surface area contributed by atoms with E-state index in [1.54, 1.807) is 12.1 Å². The van der Waals surface area contributed by atoms with Crippen molar-refractivity contribution in [1.29, 1.82) is 0 Å². The quantitative estimate of drug-likeness (QED) is 0.515. The van der Waals surface area contributed by atoms with Crippen LogP contribution in [0.5, 0.6) is 11.5 Å². The lowest BCUT2D eigenvalue weighted by Crippen LogP contribution is -2.45. The minimum Gasteiger partial charge on any atom is -0.504 e. The minimum atomic E-state index is -0.734. The van der Waals surface area contributed by atoms with Gasteiger partial charge in [0.2, 0.25) is 0 Å². The van der Waals surface area contributed by atoms with Crippen LogP contribution >= 0.6 is 0 Å². The number of ether oxygens (including phenoxy) is 2. The molecule has 0 saturated heterocycles. The number of carbonyl (C=O) groups excluding carboxylic acids is 2.